The van der Waals surface area contributed by atoms with Gasteiger partial charge in [0.1, 0.15) is 5.73 Å². The minimum absolute atomic E-state index is 0.426. The second-order valence-electron chi connectivity index (χ2n) is 5.40. The fourth-order valence-corrected chi connectivity index (χ4v) is 4.35. The predicted octanol–water partition coefficient (Wildman–Crippen LogP) is 5.21. The summed E-state index contributed by atoms with van der Waals surface area (Å²) in [5, 5.41) is 0. The Labute approximate surface area is 133 Å². The lowest BCUT2D eigenvalue weighted by Gasteiger charge is -2.32. The summed E-state index contributed by atoms with van der Waals surface area (Å²) < 4.78 is 27.4. The summed E-state index contributed by atoms with van der Waals surface area (Å²) in [6, 6.07) is 1.85. The van der Waals surface area contributed by atoms with Gasteiger partial charge in [-0.15, -0.1) is 11.3 Å². The standard InChI is InChI=1S/C12H14BBr2FO2S/c1-11(2)12(3,4)18-13(17-11)8(16)5-7-6-9(14)19-10(7)15/h5-6H,1-4H3. The molecule has 0 bridgehead atoms. The minimum Gasteiger partial charge on any atom is -0.398 e. The van der Waals surface area contributed by atoms with Crippen LogP contribution in [0.1, 0.15) is 33.3 Å². The van der Waals surface area contributed by atoms with Crippen LogP contribution >= 0.6 is 43.2 Å². The summed E-state index contributed by atoms with van der Waals surface area (Å²) in [5.74, 6) is 0. The van der Waals surface area contributed by atoms with Crippen molar-refractivity contribution in [1.82, 2.24) is 0 Å². The first-order valence-corrected chi connectivity index (χ1v) is 8.20. The molecule has 0 spiro atoms. The van der Waals surface area contributed by atoms with Crippen molar-refractivity contribution in [1.29, 1.82) is 0 Å². The smallest absolute Gasteiger partial charge is 0.398 e. The highest BCUT2D eigenvalue weighted by Gasteiger charge is 2.53. The van der Waals surface area contributed by atoms with Gasteiger partial charge in [-0.05, 0) is 71.7 Å². The Hall–Kier alpha value is 0.315. The van der Waals surface area contributed by atoms with Crippen LogP contribution in [0.2, 0.25) is 0 Å². The summed E-state index contributed by atoms with van der Waals surface area (Å²) in [5.41, 5.74) is -0.723. The topological polar surface area (TPSA) is 18.5 Å². The largest absolute Gasteiger partial charge is 0.525 e. The first kappa shape index (κ1) is 15.7. The van der Waals surface area contributed by atoms with Crippen LogP contribution in [0.3, 0.4) is 0 Å². The van der Waals surface area contributed by atoms with Crippen LogP contribution in [0, 0.1) is 0 Å². The molecule has 1 aromatic rings. The molecule has 2 nitrogen and oxygen atoms in total. The highest BCUT2D eigenvalue weighted by molar-refractivity contribution is 9.12. The van der Waals surface area contributed by atoms with Crippen molar-refractivity contribution >= 4 is 56.4 Å². The average molecular weight is 412 g/mol. The molecule has 0 unspecified atom stereocenters. The van der Waals surface area contributed by atoms with Crippen LogP contribution in [0.5, 0.6) is 0 Å². The van der Waals surface area contributed by atoms with E-state index in [0.717, 1.165) is 13.1 Å². The maximum Gasteiger partial charge on any atom is 0.525 e. The summed E-state index contributed by atoms with van der Waals surface area (Å²) in [7, 11) is -0.949. The average Bonchev–Trinajstić information content (AvgIpc) is 2.65. The molecule has 2 rings (SSSR count). The van der Waals surface area contributed by atoms with Crippen molar-refractivity contribution in [3.05, 3.63) is 24.9 Å². The van der Waals surface area contributed by atoms with Crippen molar-refractivity contribution in [2.24, 2.45) is 0 Å². The SMILES string of the molecule is CC1(C)OB(C(F)=Cc2cc(Br)sc2Br)OC1(C)C. The van der Waals surface area contributed by atoms with Gasteiger partial charge in [-0.2, -0.15) is 0 Å². The molecular weight excluding hydrogens is 398 g/mol. The number of halogens is 3. The van der Waals surface area contributed by atoms with E-state index in [9.17, 15) is 4.39 Å². The summed E-state index contributed by atoms with van der Waals surface area (Å²) in [6.45, 7) is 7.60. The molecule has 0 N–H and O–H groups in total. The van der Waals surface area contributed by atoms with E-state index in [0.29, 0.717) is 0 Å². The van der Waals surface area contributed by atoms with Crippen molar-refractivity contribution in [2.75, 3.05) is 0 Å². The van der Waals surface area contributed by atoms with Gasteiger partial charge < -0.3 is 9.31 Å². The third-order valence-electron chi connectivity index (χ3n) is 3.45. The second-order valence-corrected chi connectivity index (χ2v) is 9.15. The molecule has 104 valence electrons. The molecule has 7 heteroatoms. The number of hydrogen-bond donors (Lipinski definition) is 0. The third kappa shape index (κ3) is 3.15. The number of hydrogen-bond acceptors (Lipinski definition) is 3. The molecule has 0 amide bonds. The van der Waals surface area contributed by atoms with Crippen LogP contribution in [0.25, 0.3) is 6.08 Å². The summed E-state index contributed by atoms with van der Waals surface area (Å²) in [4.78, 5) is 0. The third-order valence-corrected chi connectivity index (χ3v) is 5.84. The van der Waals surface area contributed by atoms with E-state index < -0.39 is 24.0 Å². The summed E-state index contributed by atoms with van der Waals surface area (Å²) in [6.07, 6.45) is 1.44. The molecule has 0 aromatic carbocycles. The van der Waals surface area contributed by atoms with E-state index in [1.807, 2.05) is 33.8 Å². The first-order valence-electron chi connectivity index (χ1n) is 5.80. The molecule has 1 saturated heterocycles. The van der Waals surface area contributed by atoms with Gasteiger partial charge in [-0.3, -0.25) is 0 Å². The molecule has 1 aliphatic rings. The molecule has 19 heavy (non-hydrogen) atoms. The lowest BCUT2D eigenvalue weighted by atomic mass is 9.87. The van der Waals surface area contributed by atoms with E-state index in [1.54, 1.807) is 0 Å². The van der Waals surface area contributed by atoms with Crippen LogP contribution in [-0.4, -0.2) is 18.3 Å². The van der Waals surface area contributed by atoms with Crippen molar-refractivity contribution < 1.29 is 13.7 Å². The molecule has 0 radical (unpaired) electrons. The summed E-state index contributed by atoms with van der Waals surface area (Å²) >= 11 is 8.26. The maximum atomic E-state index is 14.2. The van der Waals surface area contributed by atoms with Crippen LogP contribution in [0.4, 0.5) is 4.39 Å². The van der Waals surface area contributed by atoms with Crippen LogP contribution < -0.4 is 0 Å². The van der Waals surface area contributed by atoms with Crippen LogP contribution in [-0.2, 0) is 9.31 Å². The van der Waals surface area contributed by atoms with Gasteiger partial charge in [-0.1, -0.05) is 0 Å². The van der Waals surface area contributed by atoms with Crippen molar-refractivity contribution in [2.45, 2.75) is 38.9 Å². The van der Waals surface area contributed by atoms with Gasteiger partial charge in [0.25, 0.3) is 0 Å². The molecular formula is C12H14BBr2FO2S. The normalized spacial score (nSPS) is 22.1. The molecule has 1 aromatic heterocycles. The van der Waals surface area contributed by atoms with Gasteiger partial charge in [0, 0.05) is 5.56 Å². The number of thiophene rings is 1. The Morgan fingerprint density at radius 3 is 2.21 bits per heavy atom. The van der Waals surface area contributed by atoms with Gasteiger partial charge in [0.2, 0.25) is 0 Å². The zero-order valence-corrected chi connectivity index (χ0v) is 15.1. The van der Waals surface area contributed by atoms with E-state index in [1.165, 1.54) is 17.4 Å². The van der Waals surface area contributed by atoms with E-state index in [2.05, 4.69) is 31.9 Å². The Bertz CT molecular complexity index is 512. The highest BCUT2D eigenvalue weighted by Crippen LogP contribution is 2.40. The fraction of sp³-hybridized carbons (Fsp3) is 0.500. The molecule has 2 heterocycles. The van der Waals surface area contributed by atoms with Crippen LogP contribution in [0.15, 0.2) is 19.4 Å². The monoisotopic (exact) mass is 410 g/mol. The van der Waals surface area contributed by atoms with Gasteiger partial charge in [0.05, 0.1) is 18.8 Å². The molecule has 1 aliphatic heterocycles. The highest BCUT2D eigenvalue weighted by atomic mass is 79.9. The van der Waals surface area contributed by atoms with Gasteiger partial charge >= 0.3 is 7.12 Å². The first-order chi connectivity index (χ1) is 8.62. The Morgan fingerprint density at radius 2 is 1.79 bits per heavy atom. The minimum atomic E-state index is -0.949. The van der Waals surface area contributed by atoms with Crippen molar-refractivity contribution in [3.8, 4) is 0 Å². The van der Waals surface area contributed by atoms with E-state index in [-0.39, 0.29) is 0 Å². The zero-order valence-electron chi connectivity index (χ0n) is 11.1. The Balaban J connectivity index is 2.22. The Morgan fingerprint density at radius 1 is 1.26 bits per heavy atom. The fourth-order valence-electron chi connectivity index (χ4n) is 1.62. The quantitative estimate of drug-likeness (QED) is 0.621. The predicted molar refractivity (Wildman–Crippen MR) is 84.9 cm³/mol. The van der Waals surface area contributed by atoms with E-state index in [4.69, 9.17) is 9.31 Å². The van der Waals surface area contributed by atoms with Gasteiger partial charge in [-0.25, -0.2) is 4.39 Å². The number of rotatable bonds is 2. The second kappa shape index (κ2) is 5.26. The molecule has 0 saturated carbocycles. The lowest BCUT2D eigenvalue weighted by molar-refractivity contribution is 0.00578. The van der Waals surface area contributed by atoms with Gasteiger partial charge in [0.15, 0.2) is 0 Å². The molecule has 1 fully saturated rings. The van der Waals surface area contributed by atoms with E-state index >= 15 is 0 Å². The van der Waals surface area contributed by atoms with Crippen molar-refractivity contribution in [3.63, 3.8) is 0 Å². The molecule has 0 atom stereocenters. The zero-order chi connectivity index (χ0) is 14.4. The maximum absolute atomic E-state index is 14.2. The Kier molecular flexibility index (Phi) is 4.34. The lowest BCUT2D eigenvalue weighted by Crippen LogP contribution is -2.41. The molecule has 0 aliphatic carbocycles.